The Kier molecular flexibility index (Phi) is 3.72. The molecule has 6 heteroatoms. The van der Waals surface area contributed by atoms with Gasteiger partial charge in [0.15, 0.2) is 0 Å². The van der Waals surface area contributed by atoms with Gasteiger partial charge >= 0.3 is 0 Å². The van der Waals surface area contributed by atoms with Crippen LogP contribution in [0, 0.1) is 0 Å². The summed E-state index contributed by atoms with van der Waals surface area (Å²) in [6.45, 7) is 0. The van der Waals surface area contributed by atoms with Crippen LogP contribution in [0.3, 0.4) is 0 Å². The van der Waals surface area contributed by atoms with E-state index in [4.69, 9.17) is 10.6 Å². The lowest BCUT2D eigenvalue weighted by Gasteiger charge is -2.19. The molecule has 98 valence electrons. The minimum absolute atomic E-state index is 0.326. The molecule has 0 aliphatic carbocycles. The highest BCUT2D eigenvalue weighted by Crippen LogP contribution is 2.30. The van der Waals surface area contributed by atoms with Crippen molar-refractivity contribution in [3.05, 3.63) is 42.1 Å². The smallest absolute Gasteiger partial charge is 0.251 e. The number of amides is 1. The van der Waals surface area contributed by atoms with Crippen LogP contribution in [-0.4, -0.2) is 30.3 Å². The summed E-state index contributed by atoms with van der Waals surface area (Å²) in [5.41, 5.74) is 7.63. The van der Waals surface area contributed by atoms with Gasteiger partial charge in [-0.1, -0.05) is 18.2 Å². The van der Waals surface area contributed by atoms with E-state index in [-0.39, 0.29) is 0 Å². The lowest BCUT2D eigenvalue weighted by molar-refractivity contribution is 0.100. The van der Waals surface area contributed by atoms with Crippen molar-refractivity contribution >= 4 is 11.6 Å². The van der Waals surface area contributed by atoms with Crippen molar-refractivity contribution in [1.82, 2.24) is 10.2 Å². The zero-order valence-corrected chi connectivity index (χ0v) is 10.7. The molecule has 19 heavy (non-hydrogen) atoms. The van der Waals surface area contributed by atoms with Crippen LogP contribution in [0.25, 0.3) is 11.3 Å². The molecule has 0 fully saturated rings. The lowest BCUT2D eigenvalue weighted by Crippen LogP contribution is -2.17. The van der Waals surface area contributed by atoms with Gasteiger partial charge in [-0.3, -0.25) is 14.7 Å². The van der Waals surface area contributed by atoms with Gasteiger partial charge in [0.05, 0.1) is 24.6 Å². The molecule has 0 saturated carbocycles. The molecule has 0 atom stereocenters. The molecule has 2 aromatic rings. The minimum Gasteiger partial charge on any atom is -0.366 e. The summed E-state index contributed by atoms with van der Waals surface area (Å²) in [5, 5.41) is 9.41. The van der Waals surface area contributed by atoms with E-state index in [0.717, 1.165) is 11.3 Å². The van der Waals surface area contributed by atoms with Gasteiger partial charge in [0.25, 0.3) is 5.91 Å². The molecule has 2 N–H and O–H groups in total. The summed E-state index contributed by atoms with van der Waals surface area (Å²) in [5.74, 6) is -0.542. The fourth-order valence-electron chi connectivity index (χ4n) is 1.78. The van der Waals surface area contributed by atoms with Crippen molar-refractivity contribution in [2.24, 2.45) is 5.73 Å². The SMILES string of the molecule is CON(C)c1ccccc1-c1nnccc1C(N)=O. The second kappa shape index (κ2) is 5.45. The zero-order chi connectivity index (χ0) is 13.8. The zero-order valence-electron chi connectivity index (χ0n) is 10.7. The van der Waals surface area contributed by atoms with E-state index in [0.29, 0.717) is 11.3 Å². The van der Waals surface area contributed by atoms with E-state index in [2.05, 4.69) is 10.2 Å². The van der Waals surface area contributed by atoms with Crippen LogP contribution in [0.4, 0.5) is 5.69 Å². The van der Waals surface area contributed by atoms with Crippen LogP contribution < -0.4 is 10.8 Å². The predicted molar refractivity (Wildman–Crippen MR) is 71.4 cm³/mol. The van der Waals surface area contributed by atoms with Gasteiger partial charge in [-0.25, -0.2) is 0 Å². The molecule has 6 nitrogen and oxygen atoms in total. The fourth-order valence-corrected chi connectivity index (χ4v) is 1.78. The molecule has 0 aliphatic heterocycles. The maximum absolute atomic E-state index is 11.5. The van der Waals surface area contributed by atoms with Crippen molar-refractivity contribution < 1.29 is 9.63 Å². The molecule has 1 amide bonds. The number of para-hydroxylation sites is 1. The second-order valence-corrected chi connectivity index (χ2v) is 3.85. The Morgan fingerprint density at radius 3 is 2.74 bits per heavy atom. The van der Waals surface area contributed by atoms with E-state index in [9.17, 15) is 4.79 Å². The number of nitrogens with zero attached hydrogens (tertiary/aromatic N) is 3. The van der Waals surface area contributed by atoms with Crippen molar-refractivity contribution in [3.8, 4) is 11.3 Å². The van der Waals surface area contributed by atoms with Crippen LogP contribution in [0.15, 0.2) is 36.5 Å². The van der Waals surface area contributed by atoms with Crippen molar-refractivity contribution in [3.63, 3.8) is 0 Å². The number of carbonyl (C=O) groups is 1. The number of hydrogen-bond donors (Lipinski definition) is 1. The number of nitrogens with two attached hydrogens (primary N) is 1. The third kappa shape index (κ3) is 2.53. The van der Waals surface area contributed by atoms with E-state index < -0.39 is 5.91 Å². The van der Waals surface area contributed by atoms with E-state index in [1.165, 1.54) is 6.20 Å². The Hall–Kier alpha value is -2.47. The first-order valence-electron chi connectivity index (χ1n) is 5.64. The number of aromatic nitrogens is 2. The fraction of sp³-hybridized carbons (Fsp3) is 0.154. The number of rotatable bonds is 4. The summed E-state index contributed by atoms with van der Waals surface area (Å²) in [6, 6.07) is 8.96. The first kappa shape index (κ1) is 13.0. The third-order valence-corrected chi connectivity index (χ3v) is 2.76. The lowest BCUT2D eigenvalue weighted by atomic mass is 10.0. The first-order valence-corrected chi connectivity index (χ1v) is 5.64. The third-order valence-electron chi connectivity index (χ3n) is 2.76. The summed E-state index contributed by atoms with van der Waals surface area (Å²) in [6.07, 6.45) is 1.44. The Morgan fingerprint density at radius 2 is 2.05 bits per heavy atom. The maximum atomic E-state index is 11.5. The number of benzene rings is 1. The number of hydrogen-bond acceptors (Lipinski definition) is 5. The average Bonchev–Trinajstić information content (AvgIpc) is 2.46. The number of primary amides is 1. The van der Waals surface area contributed by atoms with Gasteiger partial charge < -0.3 is 5.73 Å². The standard InChI is InChI=1S/C13H14N4O2/c1-17(19-2)11-6-4-3-5-9(11)12-10(13(14)18)7-8-15-16-12/h3-8H,1-2H3,(H2,14,18). The van der Waals surface area contributed by atoms with Crippen molar-refractivity contribution in [2.45, 2.75) is 0 Å². The molecule has 0 unspecified atom stereocenters. The van der Waals surface area contributed by atoms with Crippen molar-refractivity contribution in [1.29, 1.82) is 0 Å². The van der Waals surface area contributed by atoms with Gasteiger partial charge in [0, 0.05) is 12.6 Å². The Bertz CT molecular complexity index is 601. The molecule has 0 spiro atoms. The predicted octanol–water partition coefficient (Wildman–Crippen LogP) is 1.24. The first-order chi connectivity index (χ1) is 9.15. The molecule has 1 heterocycles. The quantitative estimate of drug-likeness (QED) is 0.834. The monoisotopic (exact) mass is 258 g/mol. The molecule has 2 rings (SSSR count). The normalized spacial score (nSPS) is 10.2. The molecular formula is C13H14N4O2. The Morgan fingerprint density at radius 1 is 1.32 bits per heavy atom. The highest BCUT2D eigenvalue weighted by molar-refractivity contribution is 6.00. The topological polar surface area (TPSA) is 81.3 Å². The highest BCUT2D eigenvalue weighted by atomic mass is 16.7. The average molecular weight is 258 g/mol. The van der Waals surface area contributed by atoms with Crippen LogP contribution in [0.5, 0.6) is 0 Å². The maximum Gasteiger partial charge on any atom is 0.251 e. The minimum atomic E-state index is -0.542. The Labute approximate surface area is 110 Å². The molecule has 0 saturated heterocycles. The molecule has 1 aromatic heterocycles. The summed E-state index contributed by atoms with van der Waals surface area (Å²) in [4.78, 5) is 16.6. The van der Waals surface area contributed by atoms with Crippen LogP contribution in [0.1, 0.15) is 10.4 Å². The van der Waals surface area contributed by atoms with E-state index in [1.807, 2.05) is 24.3 Å². The second-order valence-electron chi connectivity index (χ2n) is 3.85. The molecule has 1 aromatic carbocycles. The molecule has 0 aliphatic rings. The highest BCUT2D eigenvalue weighted by Gasteiger charge is 2.16. The Balaban J connectivity index is 2.63. The van der Waals surface area contributed by atoms with Gasteiger partial charge in [-0.2, -0.15) is 5.10 Å². The largest absolute Gasteiger partial charge is 0.366 e. The van der Waals surface area contributed by atoms with E-state index >= 15 is 0 Å². The number of hydroxylamine groups is 1. The van der Waals surface area contributed by atoms with Gasteiger partial charge in [-0.05, 0) is 12.1 Å². The van der Waals surface area contributed by atoms with Gasteiger partial charge in [0.2, 0.25) is 0 Å². The van der Waals surface area contributed by atoms with Crippen molar-refractivity contribution in [2.75, 3.05) is 19.2 Å². The summed E-state index contributed by atoms with van der Waals surface area (Å²) >= 11 is 0. The van der Waals surface area contributed by atoms with Crippen LogP contribution in [0.2, 0.25) is 0 Å². The van der Waals surface area contributed by atoms with Crippen LogP contribution in [-0.2, 0) is 4.84 Å². The number of anilines is 1. The summed E-state index contributed by atoms with van der Waals surface area (Å²) < 4.78 is 0. The van der Waals surface area contributed by atoms with E-state index in [1.54, 1.807) is 25.3 Å². The molecule has 0 radical (unpaired) electrons. The van der Waals surface area contributed by atoms with Gasteiger partial charge in [0.1, 0.15) is 5.69 Å². The molecular weight excluding hydrogens is 244 g/mol. The summed E-state index contributed by atoms with van der Waals surface area (Å²) in [7, 11) is 3.32. The molecule has 0 bridgehead atoms. The number of carbonyl (C=O) groups excluding carboxylic acids is 1. The van der Waals surface area contributed by atoms with Crippen LogP contribution >= 0.6 is 0 Å². The van der Waals surface area contributed by atoms with Gasteiger partial charge in [-0.15, -0.1) is 5.10 Å².